The van der Waals surface area contributed by atoms with Gasteiger partial charge >= 0.3 is 0 Å². The Labute approximate surface area is 215 Å². The van der Waals surface area contributed by atoms with Gasteiger partial charge in [-0.1, -0.05) is 6.42 Å². The number of thiophene rings is 1. The van der Waals surface area contributed by atoms with E-state index in [1.165, 1.54) is 4.88 Å². The Hall–Kier alpha value is -4.44. The number of amides is 1. The molecule has 1 saturated carbocycles. The Morgan fingerprint density at radius 2 is 1.95 bits per heavy atom. The summed E-state index contributed by atoms with van der Waals surface area (Å²) < 4.78 is 0. The summed E-state index contributed by atoms with van der Waals surface area (Å²) in [6.07, 6.45) is 11.8. The van der Waals surface area contributed by atoms with Crippen LogP contribution in [0.5, 0.6) is 0 Å². The van der Waals surface area contributed by atoms with E-state index in [1.54, 1.807) is 36.1 Å². The Kier molecular flexibility index (Phi) is 5.07. The normalized spacial score (nSPS) is 13.8. The standard InChI is InChI=1S/C27H22N8OS/c1-14-5-6-23(37-14)19-11-29-12-22-24(19)33-26(32-22)25-18-8-20(30-13-21(18)34-35-25)16-7-17(10-28-9-16)31-27(36)15-3-2-4-15/h5-13,15H,2-4H2,1H3,(H,31,36)(H,32,33)(H,34,35). The summed E-state index contributed by atoms with van der Waals surface area (Å²) in [5.74, 6) is 0.817. The number of carbonyl (C=O) groups excluding carboxylic acids is 1. The molecule has 0 radical (unpaired) electrons. The molecule has 182 valence electrons. The molecule has 3 N–H and O–H groups in total. The molecule has 6 aromatic heterocycles. The van der Waals surface area contributed by atoms with Gasteiger partial charge in [0.15, 0.2) is 5.82 Å². The highest BCUT2D eigenvalue weighted by Crippen LogP contribution is 2.35. The number of aromatic nitrogens is 7. The number of carbonyl (C=O) groups is 1. The van der Waals surface area contributed by atoms with Crippen LogP contribution in [-0.4, -0.2) is 41.0 Å². The van der Waals surface area contributed by atoms with Crippen molar-refractivity contribution in [3.63, 3.8) is 0 Å². The summed E-state index contributed by atoms with van der Waals surface area (Å²) in [7, 11) is 0. The fourth-order valence-electron chi connectivity index (χ4n) is 4.62. The fraction of sp³-hybridized carbons (Fsp3) is 0.185. The van der Waals surface area contributed by atoms with E-state index in [4.69, 9.17) is 4.98 Å². The lowest BCUT2D eigenvalue weighted by Gasteiger charge is -2.24. The maximum Gasteiger partial charge on any atom is 0.227 e. The van der Waals surface area contributed by atoms with Crippen LogP contribution in [-0.2, 0) is 4.79 Å². The molecule has 0 unspecified atom stereocenters. The van der Waals surface area contributed by atoms with E-state index in [-0.39, 0.29) is 11.8 Å². The first-order valence-electron chi connectivity index (χ1n) is 12.1. The number of fused-ring (bicyclic) bond motifs is 2. The van der Waals surface area contributed by atoms with E-state index in [0.717, 1.165) is 62.9 Å². The minimum atomic E-state index is 0.0576. The maximum absolute atomic E-state index is 12.4. The number of pyridine rings is 3. The van der Waals surface area contributed by atoms with Crippen LogP contribution < -0.4 is 5.32 Å². The monoisotopic (exact) mass is 506 g/mol. The number of imidazole rings is 1. The molecule has 0 bridgehead atoms. The average molecular weight is 507 g/mol. The molecule has 0 aromatic carbocycles. The molecular formula is C27H22N8OS. The van der Waals surface area contributed by atoms with E-state index in [1.807, 2.05) is 18.3 Å². The minimum absolute atomic E-state index is 0.0576. The van der Waals surface area contributed by atoms with Gasteiger partial charge in [-0.05, 0) is 44.0 Å². The van der Waals surface area contributed by atoms with Crippen molar-refractivity contribution in [2.24, 2.45) is 5.92 Å². The lowest BCUT2D eigenvalue weighted by Crippen LogP contribution is -2.28. The third-order valence-corrected chi connectivity index (χ3v) is 7.88. The molecule has 0 aliphatic heterocycles. The summed E-state index contributed by atoms with van der Waals surface area (Å²) in [4.78, 5) is 36.4. The van der Waals surface area contributed by atoms with Crippen molar-refractivity contribution in [2.45, 2.75) is 26.2 Å². The fourth-order valence-corrected chi connectivity index (χ4v) is 5.50. The second-order valence-electron chi connectivity index (χ2n) is 9.35. The number of hydrogen-bond donors (Lipinski definition) is 3. The van der Waals surface area contributed by atoms with Gasteiger partial charge in [-0.2, -0.15) is 5.10 Å². The summed E-state index contributed by atoms with van der Waals surface area (Å²) in [5, 5.41) is 11.5. The zero-order valence-corrected chi connectivity index (χ0v) is 20.8. The number of aryl methyl sites for hydroxylation is 1. The second kappa shape index (κ2) is 8.59. The van der Waals surface area contributed by atoms with E-state index in [0.29, 0.717) is 17.2 Å². The van der Waals surface area contributed by atoms with Gasteiger partial charge < -0.3 is 10.3 Å². The molecule has 1 aliphatic rings. The highest BCUT2D eigenvalue weighted by molar-refractivity contribution is 7.15. The van der Waals surface area contributed by atoms with Gasteiger partial charge in [0.1, 0.15) is 11.2 Å². The number of anilines is 1. The molecule has 1 fully saturated rings. The quantitative estimate of drug-likeness (QED) is 0.274. The molecule has 6 heterocycles. The Bertz CT molecular complexity index is 1790. The van der Waals surface area contributed by atoms with Crippen molar-refractivity contribution in [3.8, 4) is 33.2 Å². The molecule has 1 amide bonds. The first kappa shape index (κ1) is 21.8. The van der Waals surface area contributed by atoms with E-state index in [2.05, 4.69) is 54.5 Å². The van der Waals surface area contributed by atoms with Gasteiger partial charge in [-0.3, -0.25) is 24.8 Å². The van der Waals surface area contributed by atoms with Crippen LogP contribution in [0.3, 0.4) is 0 Å². The molecule has 37 heavy (non-hydrogen) atoms. The summed E-state index contributed by atoms with van der Waals surface area (Å²) in [6.45, 7) is 2.09. The van der Waals surface area contributed by atoms with Crippen LogP contribution in [0.4, 0.5) is 5.69 Å². The van der Waals surface area contributed by atoms with Gasteiger partial charge in [-0.25, -0.2) is 4.98 Å². The predicted octanol–water partition coefficient (Wildman–Crippen LogP) is 5.73. The van der Waals surface area contributed by atoms with Crippen LogP contribution >= 0.6 is 11.3 Å². The minimum Gasteiger partial charge on any atom is -0.335 e. The first-order chi connectivity index (χ1) is 18.1. The van der Waals surface area contributed by atoms with Gasteiger partial charge in [0.2, 0.25) is 5.91 Å². The van der Waals surface area contributed by atoms with Crippen molar-refractivity contribution in [1.29, 1.82) is 0 Å². The highest BCUT2D eigenvalue weighted by atomic mass is 32.1. The molecule has 7 rings (SSSR count). The van der Waals surface area contributed by atoms with Gasteiger partial charge in [-0.15, -0.1) is 11.3 Å². The molecule has 9 nitrogen and oxygen atoms in total. The van der Waals surface area contributed by atoms with Gasteiger partial charge in [0.05, 0.1) is 41.0 Å². The van der Waals surface area contributed by atoms with Crippen LogP contribution in [0.2, 0.25) is 0 Å². The number of nitrogens with zero attached hydrogens (tertiary/aromatic N) is 5. The van der Waals surface area contributed by atoms with Crippen LogP contribution in [0.15, 0.2) is 55.2 Å². The number of H-pyrrole nitrogens is 2. The Morgan fingerprint density at radius 3 is 2.76 bits per heavy atom. The number of hydrogen-bond acceptors (Lipinski definition) is 7. The van der Waals surface area contributed by atoms with E-state index < -0.39 is 0 Å². The molecule has 6 aromatic rings. The zero-order valence-electron chi connectivity index (χ0n) is 19.9. The van der Waals surface area contributed by atoms with Crippen molar-refractivity contribution in [1.82, 2.24) is 35.1 Å². The Balaban J connectivity index is 1.26. The lowest BCUT2D eigenvalue weighted by molar-refractivity contribution is -0.122. The van der Waals surface area contributed by atoms with Crippen LogP contribution in [0.25, 0.3) is 55.2 Å². The molecular weight excluding hydrogens is 484 g/mol. The first-order valence-corrected chi connectivity index (χ1v) is 13.0. The van der Waals surface area contributed by atoms with E-state index in [9.17, 15) is 4.79 Å². The van der Waals surface area contributed by atoms with E-state index >= 15 is 0 Å². The predicted molar refractivity (Wildman–Crippen MR) is 144 cm³/mol. The van der Waals surface area contributed by atoms with Gasteiger partial charge in [0.25, 0.3) is 0 Å². The molecule has 0 spiro atoms. The molecule has 0 atom stereocenters. The maximum atomic E-state index is 12.4. The SMILES string of the molecule is Cc1ccc(-c2cncc3[nH]c(-c4n[nH]c5cnc(-c6cncc(NC(=O)C7CCC7)c6)cc45)nc23)s1. The van der Waals surface area contributed by atoms with Crippen molar-refractivity contribution in [3.05, 3.63) is 60.1 Å². The average Bonchev–Trinajstić information content (AvgIpc) is 3.60. The van der Waals surface area contributed by atoms with Crippen molar-refractivity contribution >= 4 is 44.9 Å². The Morgan fingerprint density at radius 1 is 1.05 bits per heavy atom. The largest absolute Gasteiger partial charge is 0.335 e. The zero-order chi connectivity index (χ0) is 24.9. The number of nitrogens with one attached hydrogen (secondary N) is 3. The topological polar surface area (TPSA) is 125 Å². The third-order valence-electron chi connectivity index (χ3n) is 6.85. The highest BCUT2D eigenvalue weighted by Gasteiger charge is 2.25. The number of aromatic amines is 2. The summed E-state index contributed by atoms with van der Waals surface area (Å²) in [6, 6.07) is 8.07. The van der Waals surface area contributed by atoms with Gasteiger partial charge in [0, 0.05) is 44.6 Å². The van der Waals surface area contributed by atoms with Crippen LogP contribution in [0, 0.1) is 12.8 Å². The summed E-state index contributed by atoms with van der Waals surface area (Å²) >= 11 is 1.72. The second-order valence-corrected chi connectivity index (χ2v) is 10.6. The van der Waals surface area contributed by atoms with Crippen molar-refractivity contribution in [2.75, 3.05) is 5.32 Å². The summed E-state index contributed by atoms with van der Waals surface area (Å²) in [5.41, 5.74) is 6.41. The smallest absolute Gasteiger partial charge is 0.227 e. The molecule has 10 heteroatoms. The lowest BCUT2D eigenvalue weighted by atomic mass is 9.85. The van der Waals surface area contributed by atoms with Crippen molar-refractivity contribution < 1.29 is 4.79 Å². The molecule has 1 aliphatic carbocycles. The number of rotatable bonds is 5. The van der Waals surface area contributed by atoms with Crippen LogP contribution in [0.1, 0.15) is 24.1 Å². The molecule has 0 saturated heterocycles. The third kappa shape index (κ3) is 3.86.